The van der Waals surface area contributed by atoms with Crippen LogP contribution in [0.2, 0.25) is 0 Å². The summed E-state index contributed by atoms with van der Waals surface area (Å²) in [4.78, 5) is 6.75. The maximum absolute atomic E-state index is 5.43. The minimum Gasteiger partial charge on any atom is -0.493 e. The number of anilines is 2. The standard InChI is InChI=1S/C21H28N4OS/c1-15-6-5-13-25(14-15)18-10-8-17(9-11-18)16(2)23-21(27)24-20-19(26-3)7-4-12-22-20/h4,7-12,15-16H,5-6,13-14H2,1-3H3,(H2,22,23,24,27)/t15-,16-/m0/s1. The number of rotatable bonds is 5. The van der Waals surface area contributed by atoms with Crippen LogP contribution in [0.3, 0.4) is 0 Å². The fraction of sp³-hybridized carbons (Fsp3) is 0.429. The van der Waals surface area contributed by atoms with Crippen LogP contribution in [-0.2, 0) is 0 Å². The number of nitrogens with zero attached hydrogens (tertiary/aromatic N) is 2. The van der Waals surface area contributed by atoms with E-state index in [1.807, 2.05) is 12.1 Å². The second-order valence-electron chi connectivity index (χ2n) is 7.16. The van der Waals surface area contributed by atoms with Crippen LogP contribution in [0.25, 0.3) is 0 Å². The van der Waals surface area contributed by atoms with Gasteiger partial charge in [0.1, 0.15) is 0 Å². The molecule has 1 aromatic carbocycles. The molecule has 0 unspecified atom stereocenters. The number of aromatic nitrogens is 1. The van der Waals surface area contributed by atoms with Crippen LogP contribution in [0.5, 0.6) is 5.75 Å². The molecule has 144 valence electrons. The van der Waals surface area contributed by atoms with Gasteiger partial charge in [0.15, 0.2) is 16.7 Å². The largest absolute Gasteiger partial charge is 0.493 e. The zero-order valence-corrected chi connectivity index (χ0v) is 17.1. The number of methoxy groups -OCH3 is 1. The fourth-order valence-electron chi connectivity index (χ4n) is 3.47. The molecule has 1 aliphatic heterocycles. The fourth-order valence-corrected chi connectivity index (χ4v) is 3.74. The summed E-state index contributed by atoms with van der Waals surface area (Å²) < 4.78 is 5.30. The molecule has 2 heterocycles. The molecule has 5 nitrogen and oxygen atoms in total. The van der Waals surface area contributed by atoms with Gasteiger partial charge >= 0.3 is 0 Å². The zero-order valence-electron chi connectivity index (χ0n) is 16.2. The Morgan fingerprint density at radius 3 is 2.78 bits per heavy atom. The molecule has 3 rings (SSSR count). The van der Waals surface area contributed by atoms with Gasteiger partial charge in [-0.1, -0.05) is 19.1 Å². The van der Waals surface area contributed by atoms with Crippen molar-refractivity contribution in [1.82, 2.24) is 10.3 Å². The summed E-state index contributed by atoms with van der Waals surface area (Å²) in [6.07, 6.45) is 4.32. The normalized spacial score (nSPS) is 17.9. The number of ether oxygens (including phenoxy) is 1. The summed E-state index contributed by atoms with van der Waals surface area (Å²) in [5.41, 5.74) is 2.50. The van der Waals surface area contributed by atoms with E-state index in [9.17, 15) is 0 Å². The van der Waals surface area contributed by atoms with Gasteiger partial charge in [0.25, 0.3) is 0 Å². The molecule has 1 aromatic heterocycles. The lowest BCUT2D eigenvalue weighted by Gasteiger charge is -2.33. The summed E-state index contributed by atoms with van der Waals surface area (Å²) in [7, 11) is 1.62. The van der Waals surface area contributed by atoms with Crippen LogP contribution in [0, 0.1) is 5.92 Å². The maximum atomic E-state index is 5.43. The van der Waals surface area contributed by atoms with Crippen LogP contribution < -0.4 is 20.3 Å². The van der Waals surface area contributed by atoms with Crippen LogP contribution in [0.15, 0.2) is 42.6 Å². The molecule has 27 heavy (non-hydrogen) atoms. The van der Waals surface area contributed by atoms with Gasteiger partial charge in [-0.25, -0.2) is 4.98 Å². The summed E-state index contributed by atoms with van der Waals surface area (Å²) in [6, 6.07) is 12.5. The van der Waals surface area contributed by atoms with E-state index in [2.05, 4.69) is 58.6 Å². The first kappa shape index (κ1) is 19.4. The van der Waals surface area contributed by atoms with Crippen molar-refractivity contribution >= 4 is 28.8 Å². The number of pyridine rings is 1. The quantitative estimate of drug-likeness (QED) is 0.747. The third-order valence-corrected chi connectivity index (χ3v) is 5.21. The van der Waals surface area contributed by atoms with Crippen molar-refractivity contribution in [2.24, 2.45) is 5.92 Å². The molecular weight excluding hydrogens is 356 g/mol. The van der Waals surface area contributed by atoms with E-state index in [0.29, 0.717) is 16.7 Å². The van der Waals surface area contributed by atoms with Gasteiger partial charge in [0, 0.05) is 25.0 Å². The molecule has 1 aliphatic rings. The molecule has 0 amide bonds. The first-order chi connectivity index (χ1) is 13.1. The molecule has 2 aromatic rings. The van der Waals surface area contributed by atoms with Crippen LogP contribution in [0.4, 0.5) is 11.5 Å². The van der Waals surface area contributed by atoms with Crippen molar-refractivity contribution in [2.45, 2.75) is 32.7 Å². The first-order valence-corrected chi connectivity index (χ1v) is 9.89. The molecule has 1 saturated heterocycles. The Balaban J connectivity index is 1.59. The Morgan fingerprint density at radius 1 is 1.30 bits per heavy atom. The average molecular weight is 385 g/mol. The van der Waals surface area contributed by atoms with Crippen molar-refractivity contribution in [3.05, 3.63) is 48.2 Å². The summed E-state index contributed by atoms with van der Waals surface area (Å²) in [6.45, 7) is 6.73. The third kappa shape index (κ3) is 5.10. The Labute approximate surface area is 167 Å². The molecule has 0 aliphatic carbocycles. The zero-order chi connectivity index (χ0) is 19.2. The number of hydrogen-bond donors (Lipinski definition) is 2. The predicted molar refractivity (Wildman–Crippen MR) is 116 cm³/mol. The van der Waals surface area contributed by atoms with Gasteiger partial charge in [-0.05, 0) is 67.7 Å². The molecule has 6 heteroatoms. The van der Waals surface area contributed by atoms with E-state index < -0.39 is 0 Å². The molecule has 0 bridgehead atoms. The van der Waals surface area contributed by atoms with E-state index in [1.54, 1.807) is 13.3 Å². The maximum Gasteiger partial charge on any atom is 0.174 e. The van der Waals surface area contributed by atoms with E-state index in [1.165, 1.54) is 24.1 Å². The highest BCUT2D eigenvalue weighted by Crippen LogP contribution is 2.25. The highest BCUT2D eigenvalue weighted by Gasteiger charge is 2.17. The highest BCUT2D eigenvalue weighted by molar-refractivity contribution is 7.80. The second kappa shape index (κ2) is 9.04. The Hall–Kier alpha value is -2.34. The minimum absolute atomic E-state index is 0.0917. The van der Waals surface area contributed by atoms with Crippen molar-refractivity contribution < 1.29 is 4.74 Å². The van der Waals surface area contributed by atoms with E-state index in [-0.39, 0.29) is 6.04 Å². The molecule has 0 saturated carbocycles. The summed E-state index contributed by atoms with van der Waals surface area (Å²) >= 11 is 5.43. The van der Waals surface area contributed by atoms with Crippen LogP contribution >= 0.6 is 12.2 Å². The second-order valence-corrected chi connectivity index (χ2v) is 7.57. The monoisotopic (exact) mass is 384 g/mol. The van der Waals surface area contributed by atoms with Crippen molar-refractivity contribution in [1.29, 1.82) is 0 Å². The number of benzene rings is 1. The van der Waals surface area contributed by atoms with Crippen molar-refractivity contribution in [3.8, 4) is 5.75 Å². The molecule has 2 atom stereocenters. The molecule has 1 fully saturated rings. The number of hydrogen-bond acceptors (Lipinski definition) is 4. The lowest BCUT2D eigenvalue weighted by atomic mass is 9.99. The van der Waals surface area contributed by atoms with Gasteiger partial charge in [0.2, 0.25) is 0 Å². The molecule has 0 spiro atoms. The topological polar surface area (TPSA) is 49.4 Å². The summed E-state index contributed by atoms with van der Waals surface area (Å²) in [5, 5.41) is 6.94. The average Bonchev–Trinajstić information content (AvgIpc) is 2.68. The van der Waals surface area contributed by atoms with Gasteiger partial charge in [0.05, 0.1) is 13.2 Å². The highest BCUT2D eigenvalue weighted by atomic mass is 32.1. The lowest BCUT2D eigenvalue weighted by Crippen LogP contribution is -2.34. The summed E-state index contributed by atoms with van der Waals surface area (Å²) in [5.74, 6) is 2.04. The lowest BCUT2D eigenvalue weighted by molar-refractivity contribution is 0.415. The number of thiocarbonyl (C=S) groups is 1. The Morgan fingerprint density at radius 2 is 2.07 bits per heavy atom. The number of nitrogens with one attached hydrogen (secondary N) is 2. The van der Waals surface area contributed by atoms with E-state index >= 15 is 0 Å². The van der Waals surface area contributed by atoms with Gasteiger partial charge in [-0.3, -0.25) is 0 Å². The van der Waals surface area contributed by atoms with Gasteiger partial charge in [-0.2, -0.15) is 0 Å². The van der Waals surface area contributed by atoms with Crippen LogP contribution in [-0.4, -0.2) is 30.3 Å². The molecule has 2 N–H and O–H groups in total. The van der Waals surface area contributed by atoms with Crippen molar-refractivity contribution in [3.63, 3.8) is 0 Å². The smallest absolute Gasteiger partial charge is 0.174 e. The Kier molecular flexibility index (Phi) is 6.50. The van der Waals surface area contributed by atoms with Crippen LogP contribution in [0.1, 0.15) is 38.3 Å². The SMILES string of the molecule is COc1cccnc1NC(=S)N[C@@H](C)c1ccc(N2CCC[C@H](C)C2)cc1. The predicted octanol–water partition coefficient (Wildman–Crippen LogP) is 4.37. The van der Waals surface area contributed by atoms with Gasteiger partial charge < -0.3 is 20.3 Å². The third-order valence-electron chi connectivity index (χ3n) is 4.99. The minimum atomic E-state index is 0.0917. The molecule has 0 radical (unpaired) electrons. The molecular formula is C21H28N4OS. The van der Waals surface area contributed by atoms with Crippen molar-refractivity contribution in [2.75, 3.05) is 30.4 Å². The Bertz CT molecular complexity index is 765. The first-order valence-electron chi connectivity index (χ1n) is 9.48. The number of piperidine rings is 1. The van der Waals surface area contributed by atoms with E-state index in [4.69, 9.17) is 17.0 Å². The van der Waals surface area contributed by atoms with Gasteiger partial charge in [-0.15, -0.1) is 0 Å². The van der Waals surface area contributed by atoms with E-state index in [0.717, 1.165) is 19.0 Å².